The van der Waals surface area contributed by atoms with Crippen LogP contribution in [-0.2, 0) is 11.3 Å². The Balaban J connectivity index is 1.66. The fourth-order valence-corrected chi connectivity index (χ4v) is 4.30. The lowest BCUT2D eigenvalue weighted by molar-refractivity contribution is 0.0304. The molecule has 4 heterocycles. The van der Waals surface area contributed by atoms with E-state index in [1.807, 2.05) is 29.3 Å². The predicted octanol–water partition coefficient (Wildman–Crippen LogP) is 3.39. The number of amides is 1. The van der Waals surface area contributed by atoms with E-state index in [2.05, 4.69) is 28.8 Å². The molecule has 0 spiro atoms. The van der Waals surface area contributed by atoms with Crippen LogP contribution in [0.4, 0.5) is 0 Å². The lowest BCUT2D eigenvalue weighted by Gasteiger charge is -2.27. The van der Waals surface area contributed by atoms with Gasteiger partial charge in [0.15, 0.2) is 0 Å². The average molecular weight is 434 g/mol. The number of fused-ring (bicyclic) bond motifs is 2. The Bertz CT molecular complexity index is 1340. The van der Waals surface area contributed by atoms with Gasteiger partial charge in [0.1, 0.15) is 11.0 Å². The minimum atomic E-state index is -0.0503. The molecule has 3 aromatic heterocycles. The second-order valence-electron chi connectivity index (χ2n) is 8.72. The van der Waals surface area contributed by atoms with E-state index in [9.17, 15) is 9.59 Å². The number of benzene rings is 1. The van der Waals surface area contributed by atoms with Crippen molar-refractivity contribution in [2.24, 2.45) is 5.92 Å². The molecule has 0 bridgehead atoms. The maximum Gasteiger partial charge on any atom is 0.274 e. The van der Waals surface area contributed by atoms with Crippen LogP contribution in [0.3, 0.4) is 0 Å². The number of carbonyl (C=O) groups is 1. The first-order valence-electron chi connectivity index (χ1n) is 11.1. The number of nitrogens with one attached hydrogen (secondary N) is 2. The number of rotatable bonds is 5. The molecule has 8 nitrogen and oxygen atoms in total. The van der Waals surface area contributed by atoms with Crippen LogP contribution in [0.25, 0.3) is 33.1 Å². The highest BCUT2D eigenvalue weighted by atomic mass is 16.5. The first kappa shape index (κ1) is 20.5. The minimum absolute atomic E-state index is 0.0263. The van der Waals surface area contributed by atoms with Gasteiger partial charge in [-0.2, -0.15) is 0 Å². The summed E-state index contributed by atoms with van der Waals surface area (Å²) in [6.07, 6.45) is 6.23. The fourth-order valence-electron chi connectivity index (χ4n) is 4.30. The van der Waals surface area contributed by atoms with E-state index >= 15 is 0 Å². The zero-order chi connectivity index (χ0) is 22.2. The Kier molecular flexibility index (Phi) is 5.30. The number of aromatic amines is 2. The quantitative estimate of drug-likeness (QED) is 0.504. The molecule has 0 radical (unpaired) electrons. The summed E-state index contributed by atoms with van der Waals surface area (Å²) in [5.41, 5.74) is 4.35. The molecule has 0 atom stereocenters. The van der Waals surface area contributed by atoms with Gasteiger partial charge in [-0.1, -0.05) is 13.8 Å². The first-order chi connectivity index (χ1) is 15.5. The number of carbonyl (C=O) groups excluding carboxylic acids is 1. The van der Waals surface area contributed by atoms with Gasteiger partial charge in [-0.25, -0.2) is 4.98 Å². The Morgan fingerprint density at radius 1 is 1.22 bits per heavy atom. The van der Waals surface area contributed by atoms with E-state index in [0.717, 1.165) is 28.5 Å². The molecule has 166 valence electrons. The topological polar surface area (TPSA) is 96.0 Å². The number of aryl methyl sites for hydroxylation is 1. The summed E-state index contributed by atoms with van der Waals surface area (Å²) in [5, 5.41) is 0.847. The number of hydrogen-bond donors (Lipinski definition) is 2. The number of imidazole rings is 1. The average Bonchev–Trinajstić information content (AvgIpc) is 3.48. The Morgan fingerprint density at radius 3 is 2.81 bits per heavy atom. The third-order valence-electron chi connectivity index (χ3n) is 6.11. The van der Waals surface area contributed by atoms with Crippen molar-refractivity contribution < 1.29 is 9.53 Å². The van der Waals surface area contributed by atoms with Crippen molar-refractivity contribution in [1.82, 2.24) is 24.4 Å². The largest absolute Gasteiger partial charge is 0.378 e. The molecule has 1 aromatic carbocycles. The van der Waals surface area contributed by atoms with Crippen LogP contribution >= 0.6 is 0 Å². The van der Waals surface area contributed by atoms with E-state index in [0.29, 0.717) is 55.4 Å². The van der Waals surface area contributed by atoms with Crippen LogP contribution in [0.5, 0.6) is 0 Å². The van der Waals surface area contributed by atoms with Gasteiger partial charge in [0.25, 0.3) is 11.5 Å². The van der Waals surface area contributed by atoms with Crippen molar-refractivity contribution >= 4 is 27.8 Å². The SMILES string of the molecule is CC(C)CCn1cc(-c2cc(C(=O)N3CCOCC3)c3nc[nH]c3c2)c2cc[nH]c2c1=O. The Hall–Kier alpha value is -3.39. The highest BCUT2D eigenvalue weighted by Crippen LogP contribution is 2.31. The summed E-state index contributed by atoms with van der Waals surface area (Å²) in [7, 11) is 0. The molecule has 1 fully saturated rings. The third kappa shape index (κ3) is 3.60. The lowest BCUT2D eigenvalue weighted by Crippen LogP contribution is -2.40. The van der Waals surface area contributed by atoms with Crippen LogP contribution in [-0.4, -0.2) is 56.6 Å². The molecule has 32 heavy (non-hydrogen) atoms. The predicted molar refractivity (Wildman–Crippen MR) is 124 cm³/mol. The maximum atomic E-state index is 13.4. The zero-order valence-electron chi connectivity index (χ0n) is 18.4. The monoisotopic (exact) mass is 433 g/mol. The van der Waals surface area contributed by atoms with Gasteiger partial charge in [-0.3, -0.25) is 9.59 Å². The highest BCUT2D eigenvalue weighted by molar-refractivity contribution is 6.08. The first-order valence-corrected chi connectivity index (χ1v) is 11.1. The van der Waals surface area contributed by atoms with E-state index in [1.165, 1.54) is 0 Å². The summed E-state index contributed by atoms with van der Waals surface area (Å²) in [6, 6.07) is 5.82. The highest BCUT2D eigenvalue weighted by Gasteiger charge is 2.23. The van der Waals surface area contributed by atoms with Gasteiger partial charge in [-0.15, -0.1) is 0 Å². The van der Waals surface area contributed by atoms with E-state index in [-0.39, 0.29) is 11.5 Å². The molecule has 1 aliphatic rings. The summed E-state index contributed by atoms with van der Waals surface area (Å²) in [5.74, 6) is 0.439. The van der Waals surface area contributed by atoms with Crippen molar-refractivity contribution in [3.8, 4) is 11.1 Å². The molecule has 0 aliphatic carbocycles. The molecule has 0 unspecified atom stereocenters. The summed E-state index contributed by atoms with van der Waals surface area (Å²) >= 11 is 0. The molecule has 1 aliphatic heterocycles. The van der Waals surface area contributed by atoms with E-state index < -0.39 is 0 Å². The molecule has 0 saturated carbocycles. The molecule has 5 rings (SSSR count). The van der Waals surface area contributed by atoms with E-state index in [4.69, 9.17) is 4.74 Å². The number of nitrogens with zero attached hydrogens (tertiary/aromatic N) is 3. The van der Waals surface area contributed by atoms with Crippen molar-refractivity contribution in [3.05, 3.63) is 52.8 Å². The van der Waals surface area contributed by atoms with Crippen molar-refractivity contribution in [2.75, 3.05) is 26.3 Å². The van der Waals surface area contributed by atoms with Gasteiger partial charge in [0, 0.05) is 43.0 Å². The van der Waals surface area contributed by atoms with Crippen LogP contribution < -0.4 is 5.56 Å². The standard InChI is InChI=1S/C24H27N5O3/c1-15(2)4-6-29-13-19(17-3-5-25-22(17)24(29)31)16-11-18(21-20(12-16)26-14-27-21)23(30)28-7-9-32-10-8-28/h3,5,11-15,25H,4,6-10H2,1-2H3,(H,26,27). The van der Waals surface area contributed by atoms with Gasteiger partial charge in [0.05, 0.1) is 30.6 Å². The minimum Gasteiger partial charge on any atom is -0.378 e. The number of H-pyrrole nitrogens is 2. The summed E-state index contributed by atoms with van der Waals surface area (Å²) in [4.78, 5) is 38.8. The van der Waals surface area contributed by atoms with Gasteiger partial charge >= 0.3 is 0 Å². The maximum absolute atomic E-state index is 13.4. The summed E-state index contributed by atoms with van der Waals surface area (Å²) < 4.78 is 7.18. The van der Waals surface area contributed by atoms with Crippen LogP contribution in [0.15, 0.2) is 41.7 Å². The van der Waals surface area contributed by atoms with Crippen LogP contribution in [0.1, 0.15) is 30.6 Å². The number of pyridine rings is 1. The Labute approximate surface area is 185 Å². The molecular formula is C24H27N5O3. The van der Waals surface area contributed by atoms with Gasteiger partial charge in [0.2, 0.25) is 0 Å². The molecule has 4 aromatic rings. The van der Waals surface area contributed by atoms with E-state index in [1.54, 1.807) is 17.1 Å². The molecule has 8 heteroatoms. The molecule has 2 N–H and O–H groups in total. The lowest BCUT2D eigenvalue weighted by atomic mass is 9.99. The Morgan fingerprint density at radius 2 is 2.03 bits per heavy atom. The second-order valence-corrected chi connectivity index (χ2v) is 8.72. The normalized spacial score (nSPS) is 14.7. The number of morpholine rings is 1. The molecule has 1 amide bonds. The summed E-state index contributed by atoms with van der Waals surface area (Å²) in [6.45, 7) is 7.15. The fraction of sp³-hybridized carbons (Fsp3) is 0.375. The van der Waals surface area contributed by atoms with Gasteiger partial charge in [-0.05, 0) is 36.1 Å². The molecule has 1 saturated heterocycles. The zero-order valence-corrected chi connectivity index (χ0v) is 18.4. The smallest absolute Gasteiger partial charge is 0.274 e. The van der Waals surface area contributed by atoms with Crippen LogP contribution in [0, 0.1) is 5.92 Å². The van der Waals surface area contributed by atoms with Crippen molar-refractivity contribution in [1.29, 1.82) is 0 Å². The number of hydrogen-bond acceptors (Lipinski definition) is 4. The second kappa shape index (κ2) is 8.27. The van der Waals surface area contributed by atoms with Crippen molar-refractivity contribution in [2.45, 2.75) is 26.8 Å². The number of aromatic nitrogens is 4. The van der Waals surface area contributed by atoms with Gasteiger partial charge < -0.3 is 24.2 Å². The molecular weight excluding hydrogens is 406 g/mol. The van der Waals surface area contributed by atoms with Crippen LogP contribution in [0.2, 0.25) is 0 Å². The third-order valence-corrected chi connectivity index (χ3v) is 6.11. The number of ether oxygens (including phenoxy) is 1. The van der Waals surface area contributed by atoms with Crippen molar-refractivity contribution in [3.63, 3.8) is 0 Å².